The maximum Gasteiger partial charge on any atom is 0.0606 e. The third-order valence-electron chi connectivity index (χ3n) is 3.64. The van der Waals surface area contributed by atoms with Gasteiger partial charge in [0, 0.05) is 29.8 Å². The molecule has 0 aromatic heterocycles. The summed E-state index contributed by atoms with van der Waals surface area (Å²) in [6.07, 6.45) is 2.14. The quantitative estimate of drug-likeness (QED) is 0.733. The second-order valence-corrected chi connectivity index (χ2v) is 5.38. The lowest BCUT2D eigenvalue weighted by atomic mass is 10.1. The monoisotopic (exact) mass is 298 g/mol. The van der Waals surface area contributed by atoms with Crippen LogP contribution >= 0.6 is 11.6 Å². The van der Waals surface area contributed by atoms with Gasteiger partial charge in [0.25, 0.3) is 0 Å². The minimum absolute atomic E-state index is 0.166. The van der Waals surface area contributed by atoms with Gasteiger partial charge in [-0.2, -0.15) is 0 Å². The Bertz CT molecular complexity index is 394. The van der Waals surface area contributed by atoms with Crippen LogP contribution in [-0.2, 0) is 6.54 Å². The molecule has 0 atom stereocenters. The lowest BCUT2D eigenvalue weighted by molar-refractivity contribution is 0.296. The first kappa shape index (κ1) is 17.3. The molecule has 114 valence electrons. The maximum atomic E-state index is 9.38. The molecule has 0 amide bonds. The van der Waals surface area contributed by atoms with E-state index in [0.29, 0.717) is 12.6 Å². The van der Waals surface area contributed by atoms with Crippen LogP contribution in [0.4, 0.5) is 5.69 Å². The minimum atomic E-state index is 0.166. The molecule has 0 saturated carbocycles. The van der Waals surface area contributed by atoms with E-state index < -0.39 is 0 Å². The van der Waals surface area contributed by atoms with E-state index in [1.807, 2.05) is 12.1 Å². The Balaban J connectivity index is 3.10. The Morgan fingerprint density at radius 2 is 1.95 bits per heavy atom. The lowest BCUT2D eigenvalue weighted by Crippen LogP contribution is -2.37. The zero-order valence-corrected chi connectivity index (χ0v) is 13.6. The maximum absolute atomic E-state index is 9.38. The number of rotatable bonds is 9. The lowest BCUT2D eigenvalue weighted by Gasteiger charge is -2.34. The summed E-state index contributed by atoms with van der Waals surface area (Å²) >= 11 is 6.13. The number of anilines is 1. The molecular formula is C16H27ClN2O. The van der Waals surface area contributed by atoms with Gasteiger partial charge in [-0.15, -0.1) is 0 Å². The number of hydrogen-bond acceptors (Lipinski definition) is 3. The molecule has 0 saturated heterocycles. The predicted octanol–water partition coefficient (Wildman–Crippen LogP) is 3.44. The summed E-state index contributed by atoms with van der Waals surface area (Å²) in [5, 5.41) is 13.5. The van der Waals surface area contributed by atoms with E-state index in [2.05, 4.69) is 37.1 Å². The van der Waals surface area contributed by atoms with Crippen LogP contribution in [0.3, 0.4) is 0 Å². The van der Waals surface area contributed by atoms with Crippen molar-refractivity contribution in [2.75, 3.05) is 24.6 Å². The number of halogens is 1. The Morgan fingerprint density at radius 3 is 2.50 bits per heavy atom. The average molecular weight is 299 g/mol. The standard InChI is InChI=1S/C16H27ClN2O/c1-4-15(5-2)19(9-10-20)16-8-7-14(17)11-13(16)12-18-6-3/h7-8,11,15,18,20H,4-6,9-10,12H2,1-3H3. The first-order chi connectivity index (χ1) is 9.67. The topological polar surface area (TPSA) is 35.5 Å². The number of aliphatic hydroxyl groups is 1. The molecule has 4 heteroatoms. The van der Waals surface area contributed by atoms with Crippen molar-refractivity contribution >= 4 is 17.3 Å². The van der Waals surface area contributed by atoms with Crippen molar-refractivity contribution in [2.24, 2.45) is 0 Å². The van der Waals surface area contributed by atoms with Crippen LogP contribution in [0.1, 0.15) is 39.2 Å². The highest BCUT2D eigenvalue weighted by atomic mass is 35.5. The van der Waals surface area contributed by atoms with Gasteiger partial charge >= 0.3 is 0 Å². The summed E-state index contributed by atoms with van der Waals surface area (Å²) in [6, 6.07) is 6.47. The first-order valence-corrected chi connectivity index (χ1v) is 7.92. The summed E-state index contributed by atoms with van der Waals surface area (Å²) in [5.74, 6) is 0. The van der Waals surface area contributed by atoms with E-state index in [1.54, 1.807) is 0 Å². The van der Waals surface area contributed by atoms with Gasteiger partial charge in [-0.3, -0.25) is 0 Å². The molecular weight excluding hydrogens is 272 g/mol. The van der Waals surface area contributed by atoms with Gasteiger partial charge in [-0.25, -0.2) is 0 Å². The number of nitrogens with one attached hydrogen (secondary N) is 1. The van der Waals surface area contributed by atoms with E-state index >= 15 is 0 Å². The van der Waals surface area contributed by atoms with E-state index in [4.69, 9.17) is 11.6 Å². The Kier molecular flexibility index (Phi) is 7.97. The van der Waals surface area contributed by atoms with Crippen LogP contribution < -0.4 is 10.2 Å². The van der Waals surface area contributed by atoms with E-state index in [0.717, 1.165) is 31.0 Å². The van der Waals surface area contributed by atoms with Crippen molar-refractivity contribution in [3.63, 3.8) is 0 Å². The summed E-state index contributed by atoms with van der Waals surface area (Å²) < 4.78 is 0. The molecule has 0 aliphatic rings. The summed E-state index contributed by atoms with van der Waals surface area (Å²) in [6.45, 7) is 9.03. The largest absolute Gasteiger partial charge is 0.395 e. The third-order valence-corrected chi connectivity index (χ3v) is 3.88. The molecule has 20 heavy (non-hydrogen) atoms. The molecule has 3 nitrogen and oxygen atoms in total. The van der Waals surface area contributed by atoms with E-state index in [-0.39, 0.29) is 6.61 Å². The molecule has 0 radical (unpaired) electrons. The Morgan fingerprint density at radius 1 is 1.25 bits per heavy atom. The van der Waals surface area contributed by atoms with Crippen LogP contribution in [0.15, 0.2) is 18.2 Å². The van der Waals surface area contributed by atoms with Gasteiger partial charge in [0.15, 0.2) is 0 Å². The molecule has 0 fully saturated rings. The van der Waals surface area contributed by atoms with Crippen LogP contribution in [0.5, 0.6) is 0 Å². The van der Waals surface area contributed by atoms with Gasteiger partial charge in [-0.1, -0.05) is 32.4 Å². The van der Waals surface area contributed by atoms with Gasteiger partial charge in [0.05, 0.1) is 6.61 Å². The minimum Gasteiger partial charge on any atom is -0.395 e. The van der Waals surface area contributed by atoms with Crippen molar-refractivity contribution < 1.29 is 5.11 Å². The molecule has 2 N–H and O–H groups in total. The van der Waals surface area contributed by atoms with Crippen molar-refractivity contribution in [1.82, 2.24) is 5.32 Å². The fourth-order valence-corrected chi connectivity index (χ4v) is 2.77. The number of aliphatic hydroxyl groups excluding tert-OH is 1. The SMILES string of the molecule is CCNCc1cc(Cl)ccc1N(CCO)C(CC)CC. The summed E-state index contributed by atoms with van der Waals surface area (Å²) in [7, 11) is 0. The van der Waals surface area contributed by atoms with Crippen LogP contribution in [0.25, 0.3) is 0 Å². The second-order valence-electron chi connectivity index (χ2n) is 4.94. The second kappa shape index (κ2) is 9.22. The van der Waals surface area contributed by atoms with Crippen molar-refractivity contribution in [1.29, 1.82) is 0 Å². The molecule has 1 aromatic rings. The van der Waals surface area contributed by atoms with Crippen molar-refractivity contribution in [3.8, 4) is 0 Å². The number of hydrogen-bond donors (Lipinski definition) is 2. The fourth-order valence-electron chi connectivity index (χ4n) is 2.57. The van der Waals surface area contributed by atoms with Gasteiger partial charge in [0.1, 0.15) is 0 Å². The molecule has 1 rings (SSSR count). The highest BCUT2D eigenvalue weighted by Crippen LogP contribution is 2.27. The summed E-state index contributed by atoms with van der Waals surface area (Å²) in [5.41, 5.74) is 2.37. The van der Waals surface area contributed by atoms with E-state index in [9.17, 15) is 5.11 Å². The fraction of sp³-hybridized carbons (Fsp3) is 0.625. The average Bonchev–Trinajstić information content (AvgIpc) is 2.46. The molecule has 0 aliphatic heterocycles. The van der Waals surface area contributed by atoms with Crippen molar-refractivity contribution in [3.05, 3.63) is 28.8 Å². The predicted molar refractivity (Wildman–Crippen MR) is 87.6 cm³/mol. The van der Waals surface area contributed by atoms with Gasteiger partial charge in [0.2, 0.25) is 0 Å². The molecule has 0 aliphatic carbocycles. The molecule has 0 heterocycles. The zero-order chi connectivity index (χ0) is 15.0. The van der Waals surface area contributed by atoms with Gasteiger partial charge < -0.3 is 15.3 Å². The highest BCUT2D eigenvalue weighted by Gasteiger charge is 2.18. The number of nitrogens with zero attached hydrogens (tertiary/aromatic N) is 1. The zero-order valence-electron chi connectivity index (χ0n) is 12.8. The summed E-state index contributed by atoms with van der Waals surface area (Å²) in [4.78, 5) is 2.31. The van der Waals surface area contributed by atoms with E-state index in [1.165, 1.54) is 11.3 Å². The van der Waals surface area contributed by atoms with Crippen LogP contribution in [0, 0.1) is 0 Å². The smallest absolute Gasteiger partial charge is 0.0606 e. The van der Waals surface area contributed by atoms with Crippen LogP contribution in [-0.4, -0.2) is 30.8 Å². The molecule has 0 unspecified atom stereocenters. The molecule has 0 bridgehead atoms. The van der Waals surface area contributed by atoms with Gasteiger partial charge in [-0.05, 0) is 43.1 Å². The Labute approximate surface area is 127 Å². The van der Waals surface area contributed by atoms with Crippen LogP contribution in [0.2, 0.25) is 5.02 Å². The van der Waals surface area contributed by atoms with Crippen molar-refractivity contribution in [2.45, 2.75) is 46.2 Å². The number of benzene rings is 1. The molecule has 1 aromatic carbocycles. The normalized spacial score (nSPS) is 11.1. The highest BCUT2D eigenvalue weighted by molar-refractivity contribution is 6.30. The first-order valence-electron chi connectivity index (χ1n) is 7.54. The third kappa shape index (κ3) is 4.65. The Hall–Kier alpha value is -0.770. The molecule has 0 spiro atoms.